The Morgan fingerprint density at radius 1 is 0.977 bits per heavy atom. The van der Waals surface area contributed by atoms with E-state index in [2.05, 4.69) is 20.6 Å². The topological polar surface area (TPSA) is 104 Å². The quantitative estimate of drug-likeness (QED) is 0.219. The van der Waals surface area contributed by atoms with Gasteiger partial charge in [0, 0.05) is 0 Å². The molecular formula is C32H31N6O4S+. The number of anilines is 2. The highest BCUT2D eigenvalue weighted by atomic mass is 32.2. The van der Waals surface area contributed by atoms with Gasteiger partial charge in [0.2, 0.25) is 11.2 Å². The Morgan fingerprint density at radius 2 is 1.70 bits per heavy atom. The van der Waals surface area contributed by atoms with Crippen molar-refractivity contribution < 1.29 is 23.6 Å². The minimum atomic E-state index is -0.293. The summed E-state index contributed by atoms with van der Waals surface area (Å²) >= 11 is 1.18. The van der Waals surface area contributed by atoms with Crippen molar-refractivity contribution in [3.8, 4) is 5.75 Å². The van der Waals surface area contributed by atoms with Crippen LogP contribution in [0.2, 0.25) is 0 Å². The third kappa shape index (κ3) is 7.12. The maximum atomic E-state index is 13.5. The van der Waals surface area contributed by atoms with E-state index < -0.39 is 0 Å². The molecule has 2 aliphatic rings. The number of ether oxygens (including phenoxy) is 1. The molecule has 4 aromatic rings. The maximum Gasteiger partial charge on any atom is 0.305 e. The molecule has 43 heavy (non-hydrogen) atoms. The van der Waals surface area contributed by atoms with Crippen molar-refractivity contribution in [3.05, 3.63) is 108 Å². The normalized spacial score (nSPS) is 16.0. The predicted octanol–water partition coefficient (Wildman–Crippen LogP) is 4.78. The molecule has 218 valence electrons. The van der Waals surface area contributed by atoms with Gasteiger partial charge in [-0.25, -0.2) is 4.99 Å². The Bertz CT molecular complexity index is 1620. The first kappa shape index (κ1) is 28.2. The second-order valence-corrected chi connectivity index (χ2v) is 11.0. The number of amidine groups is 1. The molecule has 1 aromatic heterocycles. The van der Waals surface area contributed by atoms with E-state index in [9.17, 15) is 9.59 Å². The molecule has 0 atom stereocenters. The SMILES string of the molecule is O=C(CSC1=N/C(=C/c2ccc(OCc3ccccc3)cc2)C(=O)N1c1ccccc1)Nc1c[n+](N2CCCCC2)no1. The van der Waals surface area contributed by atoms with Crippen LogP contribution in [0.25, 0.3) is 6.08 Å². The van der Waals surface area contributed by atoms with Crippen LogP contribution in [-0.4, -0.2) is 41.1 Å². The zero-order chi connectivity index (χ0) is 29.4. The third-order valence-corrected chi connectivity index (χ3v) is 7.89. The molecule has 1 fully saturated rings. The fraction of sp³-hybridized carbons (Fsp3) is 0.219. The molecule has 11 heteroatoms. The van der Waals surface area contributed by atoms with Crippen molar-refractivity contribution in [2.45, 2.75) is 25.9 Å². The highest BCUT2D eigenvalue weighted by Crippen LogP contribution is 2.29. The smallest absolute Gasteiger partial charge is 0.305 e. The van der Waals surface area contributed by atoms with Gasteiger partial charge < -0.3 is 4.74 Å². The molecular weight excluding hydrogens is 564 g/mol. The second-order valence-electron chi connectivity index (χ2n) is 10.1. The molecule has 2 aliphatic heterocycles. The lowest BCUT2D eigenvalue weighted by molar-refractivity contribution is -0.759. The highest BCUT2D eigenvalue weighted by molar-refractivity contribution is 8.14. The third-order valence-electron chi connectivity index (χ3n) is 6.95. The number of nitrogens with one attached hydrogen (secondary N) is 1. The van der Waals surface area contributed by atoms with Crippen LogP contribution < -0.4 is 24.8 Å². The van der Waals surface area contributed by atoms with Crippen LogP contribution in [0.15, 0.2) is 106 Å². The van der Waals surface area contributed by atoms with Gasteiger partial charge in [-0.15, -0.1) is 0 Å². The first-order valence-corrected chi connectivity index (χ1v) is 15.1. The largest absolute Gasteiger partial charge is 0.489 e. The van der Waals surface area contributed by atoms with Crippen molar-refractivity contribution in [1.82, 2.24) is 5.27 Å². The van der Waals surface area contributed by atoms with Crippen LogP contribution in [0.3, 0.4) is 0 Å². The van der Waals surface area contributed by atoms with E-state index in [-0.39, 0.29) is 29.1 Å². The minimum absolute atomic E-state index is 0.0284. The van der Waals surface area contributed by atoms with Crippen molar-refractivity contribution in [2.24, 2.45) is 4.99 Å². The number of thioether (sulfide) groups is 1. The lowest BCUT2D eigenvalue weighted by atomic mass is 10.2. The van der Waals surface area contributed by atoms with Crippen LogP contribution in [0, 0.1) is 0 Å². The van der Waals surface area contributed by atoms with Crippen molar-refractivity contribution in [3.63, 3.8) is 0 Å². The van der Waals surface area contributed by atoms with Gasteiger partial charge in [0.1, 0.15) is 18.1 Å². The Balaban J connectivity index is 1.12. The monoisotopic (exact) mass is 595 g/mol. The number of carbonyl (C=O) groups excluding carboxylic acids is 2. The van der Waals surface area contributed by atoms with Crippen LogP contribution in [0.1, 0.15) is 30.4 Å². The first-order valence-electron chi connectivity index (χ1n) is 14.2. The van der Waals surface area contributed by atoms with E-state index in [1.165, 1.54) is 23.1 Å². The van der Waals surface area contributed by atoms with Crippen molar-refractivity contribution in [1.29, 1.82) is 0 Å². The lowest BCUT2D eigenvalue weighted by Crippen LogP contribution is -2.60. The number of benzene rings is 3. The lowest BCUT2D eigenvalue weighted by Gasteiger charge is -2.17. The summed E-state index contributed by atoms with van der Waals surface area (Å²) in [7, 11) is 0. The average molecular weight is 596 g/mol. The number of rotatable bonds is 9. The van der Waals surface area contributed by atoms with E-state index in [1.54, 1.807) is 17.1 Å². The molecule has 3 aromatic carbocycles. The molecule has 6 rings (SSSR count). The van der Waals surface area contributed by atoms with E-state index in [0.29, 0.717) is 17.5 Å². The predicted molar refractivity (Wildman–Crippen MR) is 166 cm³/mol. The van der Waals surface area contributed by atoms with Crippen LogP contribution in [0.4, 0.5) is 11.6 Å². The van der Waals surface area contributed by atoms with Gasteiger partial charge >= 0.3 is 5.88 Å². The number of hydrogen-bond donors (Lipinski definition) is 1. The summed E-state index contributed by atoms with van der Waals surface area (Å²) in [6.45, 7) is 2.26. The van der Waals surface area contributed by atoms with E-state index in [0.717, 1.165) is 42.8 Å². The summed E-state index contributed by atoms with van der Waals surface area (Å²) in [5.74, 6) is 0.460. The highest BCUT2D eigenvalue weighted by Gasteiger charge is 2.32. The van der Waals surface area contributed by atoms with E-state index in [1.807, 2.05) is 84.9 Å². The minimum Gasteiger partial charge on any atom is -0.489 e. The molecule has 0 radical (unpaired) electrons. The molecule has 1 N–H and O–H groups in total. The maximum absolute atomic E-state index is 13.5. The van der Waals surface area contributed by atoms with Crippen molar-refractivity contribution >= 4 is 46.4 Å². The van der Waals surface area contributed by atoms with Gasteiger partial charge in [-0.2, -0.15) is 5.01 Å². The molecule has 0 aliphatic carbocycles. The van der Waals surface area contributed by atoms with Gasteiger partial charge in [-0.3, -0.25) is 24.3 Å². The van der Waals surface area contributed by atoms with Crippen LogP contribution in [-0.2, 0) is 16.2 Å². The van der Waals surface area contributed by atoms with Crippen molar-refractivity contribution in [2.75, 3.05) is 34.1 Å². The molecule has 2 amide bonds. The van der Waals surface area contributed by atoms with Gasteiger partial charge in [0.15, 0.2) is 5.17 Å². The summed E-state index contributed by atoms with van der Waals surface area (Å²) in [5.41, 5.74) is 2.84. The Labute approximate surface area is 253 Å². The molecule has 10 nitrogen and oxygen atoms in total. The van der Waals surface area contributed by atoms with Crippen LogP contribution in [0.5, 0.6) is 5.75 Å². The fourth-order valence-electron chi connectivity index (χ4n) is 4.77. The zero-order valence-corrected chi connectivity index (χ0v) is 24.3. The Morgan fingerprint density at radius 3 is 2.44 bits per heavy atom. The molecule has 0 saturated carbocycles. The van der Waals surface area contributed by atoms with Crippen LogP contribution >= 0.6 is 11.8 Å². The number of carbonyl (C=O) groups is 2. The standard InChI is InChI=1S/C32H30N6O4S/c39-29(34-30-21-37(35-42-30)36-18-8-3-9-19-36)23-43-32-33-28(31(40)38(32)26-12-6-2-7-13-26)20-24-14-16-27(17-15-24)41-22-25-10-4-1-5-11-25/h1-2,4-7,10-17,20-21H,3,8-9,18-19,22-23H2/p+1/b28-20+. The summed E-state index contributed by atoms with van der Waals surface area (Å²) < 4.78 is 11.2. The summed E-state index contributed by atoms with van der Waals surface area (Å²) in [4.78, 5) is 34.1. The van der Waals surface area contributed by atoms with Gasteiger partial charge in [-0.05, 0) is 60.7 Å². The first-order chi connectivity index (χ1) is 21.1. The number of amides is 2. The van der Waals surface area contributed by atoms with Gasteiger partial charge in [-0.1, -0.05) is 72.4 Å². The molecule has 1 saturated heterocycles. The number of aliphatic imine (C=N–C) groups is 1. The fourth-order valence-corrected chi connectivity index (χ4v) is 5.58. The molecule has 3 heterocycles. The zero-order valence-electron chi connectivity index (χ0n) is 23.5. The summed E-state index contributed by atoms with van der Waals surface area (Å²) in [6.07, 6.45) is 6.81. The number of hydrogen-bond acceptors (Lipinski definition) is 8. The Kier molecular flexibility index (Phi) is 8.79. The number of piperidine rings is 1. The molecule has 0 spiro atoms. The average Bonchev–Trinajstić information content (AvgIpc) is 3.65. The number of para-hydroxylation sites is 1. The molecule has 0 unspecified atom stereocenters. The number of nitrogens with zero attached hydrogens (tertiary/aromatic N) is 5. The Hall–Kier alpha value is -4.90. The molecule has 0 bridgehead atoms. The number of aromatic nitrogens is 2. The summed E-state index contributed by atoms with van der Waals surface area (Å²) in [5, 5.41) is 9.27. The second kappa shape index (κ2) is 13.4. The van der Waals surface area contributed by atoms with Gasteiger partial charge in [0.25, 0.3) is 12.1 Å². The summed E-state index contributed by atoms with van der Waals surface area (Å²) in [6, 6.07) is 26.7. The van der Waals surface area contributed by atoms with E-state index >= 15 is 0 Å². The van der Waals surface area contributed by atoms with E-state index in [4.69, 9.17) is 9.26 Å². The van der Waals surface area contributed by atoms with Gasteiger partial charge in [0.05, 0.1) is 29.3 Å².